The molecule has 0 aliphatic carbocycles. The molecule has 0 bridgehead atoms. The van der Waals surface area contributed by atoms with Crippen molar-refractivity contribution in [3.8, 4) is 5.95 Å². The molecule has 12 nitrogen and oxygen atoms in total. The molecule has 2 aromatic carbocycles. The zero-order valence-corrected chi connectivity index (χ0v) is 31.1. The lowest BCUT2D eigenvalue weighted by atomic mass is 10.1. The van der Waals surface area contributed by atoms with Crippen molar-refractivity contribution >= 4 is 50.9 Å². The number of rotatable bonds is 8. The third-order valence-corrected chi connectivity index (χ3v) is 9.97. The first-order chi connectivity index (χ1) is 25.3. The van der Waals surface area contributed by atoms with Crippen molar-refractivity contribution in [1.82, 2.24) is 35.1 Å². The first-order valence-corrected chi connectivity index (χ1v) is 19.7. The van der Waals surface area contributed by atoms with E-state index in [0.29, 0.717) is 23.3 Å². The predicted molar refractivity (Wildman–Crippen MR) is 205 cm³/mol. The second-order valence-corrected chi connectivity index (χ2v) is 15.0. The fourth-order valence-electron chi connectivity index (χ4n) is 5.99. The molecule has 2 saturated heterocycles. The van der Waals surface area contributed by atoms with E-state index in [1.54, 1.807) is 23.2 Å². The molecule has 2 fully saturated rings. The summed E-state index contributed by atoms with van der Waals surface area (Å²) < 4.78 is 25.3. The van der Waals surface area contributed by atoms with Gasteiger partial charge in [0.25, 0.3) is 5.95 Å². The molecular weight excluding hydrogens is 719 g/mol. The van der Waals surface area contributed by atoms with Crippen molar-refractivity contribution < 1.29 is 8.42 Å². The summed E-state index contributed by atoms with van der Waals surface area (Å²) in [4.78, 5) is 22.0. The van der Waals surface area contributed by atoms with Crippen LogP contribution in [0.15, 0.2) is 95.5 Å². The summed E-state index contributed by atoms with van der Waals surface area (Å²) in [5.74, 6) is 2.09. The molecular formula is C37H39Cl2N10O2S+. The number of hydrazone groups is 1. The van der Waals surface area contributed by atoms with E-state index in [2.05, 4.69) is 58.7 Å². The quantitative estimate of drug-likeness (QED) is 0.112. The topological polar surface area (TPSA) is 134 Å². The lowest BCUT2D eigenvalue weighted by molar-refractivity contribution is 0.592. The van der Waals surface area contributed by atoms with Gasteiger partial charge in [0.2, 0.25) is 27.3 Å². The highest BCUT2D eigenvalue weighted by atomic mass is 35.5. The Balaban J connectivity index is 0.000000157. The largest absolute Gasteiger partial charge is 0.356 e. The Morgan fingerprint density at radius 1 is 0.731 bits per heavy atom. The van der Waals surface area contributed by atoms with Crippen molar-refractivity contribution in [3.05, 3.63) is 124 Å². The van der Waals surface area contributed by atoms with Gasteiger partial charge in [-0.1, -0.05) is 89.0 Å². The van der Waals surface area contributed by atoms with Gasteiger partial charge < -0.3 is 9.80 Å². The third-order valence-electron chi connectivity index (χ3n) is 8.50. The van der Waals surface area contributed by atoms with E-state index in [1.165, 1.54) is 18.4 Å². The van der Waals surface area contributed by atoms with Crippen LogP contribution in [0.4, 0.5) is 11.6 Å². The highest BCUT2D eigenvalue weighted by Gasteiger charge is 2.25. The minimum absolute atomic E-state index is 0.207. The van der Waals surface area contributed by atoms with E-state index in [1.807, 2.05) is 60.8 Å². The minimum atomic E-state index is -3.50. The molecule has 0 atom stereocenters. The Bertz CT molecular complexity index is 2080. The Morgan fingerprint density at radius 2 is 1.27 bits per heavy atom. The fraction of sp³-hybridized carbons (Fsp3) is 0.297. The molecule has 3 aliphatic rings. The summed E-state index contributed by atoms with van der Waals surface area (Å²) in [5, 5.41) is 8.27. The first-order valence-electron chi connectivity index (χ1n) is 17.0. The van der Waals surface area contributed by atoms with Crippen LogP contribution in [0.1, 0.15) is 47.9 Å². The molecule has 6 heterocycles. The predicted octanol–water partition coefficient (Wildman–Crippen LogP) is 6.12. The lowest BCUT2D eigenvalue weighted by Crippen LogP contribution is -2.23. The molecule has 0 saturated carbocycles. The van der Waals surface area contributed by atoms with Crippen molar-refractivity contribution in [3.63, 3.8) is 0 Å². The van der Waals surface area contributed by atoms with Gasteiger partial charge in [-0.3, -0.25) is 0 Å². The Morgan fingerprint density at radius 3 is 1.71 bits per heavy atom. The van der Waals surface area contributed by atoms with Gasteiger partial charge in [0, 0.05) is 68.8 Å². The standard InChI is InChI=1S/C18H18ClN5.C16H18ClN3O2S.C3H3N2/c19-16-15(13-14-7-2-1-3-8-14)17(23-10-4-5-11-23)22-18(21-16)24-12-6-9-20-24;1-23(21,22)16-18-14(17)13(11-12-7-3-2-4-8-12)15(19-16)20-9-5-6-10-20;1-2-4-5-3-1/h1-3,6-9,12H,4-5,10-11,13H2;2-4,7-8H,5-6,9-11H2,1H3;1-2H,(H,4,5)/q;;+1. The highest BCUT2D eigenvalue weighted by molar-refractivity contribution is 7.90. The zero-order chi connectivity index (χ0) is 36.3. The number of hydrogen-bond acceptors (Lipinski definition) is 11. The average Bonchev–Trinajstić information content (AvgIpc) is 4.00. The smallest absolute Gasteiger partial charge is 0.253 e. The molecule has 15 heteroatoms. The summed E-state index contributed by atoms with van der Waals surface area (Å²) >= 11 is 12.9. The Kier molecular flexibility index (Phi) is 12.4. The van der Waals surface area contributed by atoms with Crippen LogP contribution in [-0.2, 0) is 22.7 Å². The van der Waals surface area contributed by atoms with Gasteiger partial charge in [-0.15, -0.1) is 5.43 Å². The highest BCUT2D eigenvalue weighted by Crippen LogP contribution is 2.32. The summed E-state index contributed by atoms with van der Waals surface area (Å²) in [5.41, 5.74) is 6.55. The molecule has 8 rings (SSSR count). The number of anilines is 2. The maximum absolute atomic E-state index is 11.8. The minimum Gasteiger partial charge on any atom is -0.356 e. The van der Waals surface area contributed by atoms with Crippen molar-refractivity contribution in [2.45, 2.75) is 43.7 Å². The molecule has 3 aliphatic heterocycles. The molecule has 3 aromatic heterocycles. The average molecular weight is 759 g/mol. The Labute approximate surface area is 314 Å². The van der Waals surface area contributed by atoms with Crippen LogP contribution in [0.3, 0.4) is 0 Å². The van der Waals surface area contributed by atoms with Crippen LogP contribution >= 0.6 is 23.2 Å². The summed E-state index contributed by atoms with van der Waals surface area (Å²) in [7, 11) is -3.50. The van der Waals surface area contributed by atoms with Crippen LogP contribution in [0.25, 0.3) is 5.95 Å². The van der Waals surface area contributed by atoms with Gasteiger partial charge in [-0.05, 0) is 42.9 Å². The van der Waals surface area contributed by atoms with Gasteiger partial charge in [-0.25, -0.2) is 23.1 Å². The number of sulfone groups is 1. The molecule has 5 aromatic rings. The van der Waals surface area contributed by atoms with E-state index in [-0.39, 0.29) is 10.3 Å². The van der Waals surface area contributed by atoms with Crippen LogP contribution in [0.5, 0.6) is 0 Å². The number of hydrogen-bond donors (Lipinski definition) is 1. The monoisotopic (exact) mass is 757 g/mol. The molecule has 0 unspecified atom stereocenters. The van der Waals surface area contributed by atoms with Crippen LogP contribution in [0, 0.1) is 6.20 Å². The molecule has 52 heavy (non-hydrogen) atoms. The zero-order valence-electron chi connectivity index (χ0n) is 28.7. The summed E-state index contributed by atoms with van der Waals surface area (Å²) in [6, 6.07) is 22.1. The molecule has 1 N–H and O–H groups in total. The van der Waals surface area contributed by atoms with Crippen LogP contribution in [-0.4, -0.2) is 76.8 Å². The summed E-state index contributed by atoms with van der Waals surface area (Å²) in [6.07, 6.45) is 16.4. The van der Waals surface area contributed by atoms with E-state index >= 15 is 0 Å². The van der Waals surface area contributed by atoms with Crippen LogP contribution in [0.2, 0.25) is 10.3 Å². The number of halogens is 2. The maximum atomic E-state index is 11.8. The maximum Gasteiger partial charge on any atom is 0.253 e. The van der Waals surface area contributed by atoms with E-state index in [4.69, 9.17) is 28.2 Å². The molecule has 0 radical (unpaired) electrons. The summed E-state index contributed by atoms with van der Waals surface area (Å²) in [6.45, 7) is 3.73. The van der Waals surface area contributed by atoms with Gasteiger partial charge in [0.15, 0.2) is 6.21 Å². The number of nitrogens with one attached hydrogen (secondary N) is 1. The second-order valence-electron chi connectivity index (χ2n) is 12.4. The van der Waals surface area contributed by atoms with Crippen LogP contribution < -0.4 is 15.2 Å². The molecule has 268 valence electrons. The fourth-order valence-corrected chi connectivity index (χ4v) is 7.01. The lowest BCUT2D eigenvalue weighted by Gasteiger charge is -2.21. The third kappa shape index (κ3) is 9.68. The van der Waals surface area contributed by atoms with Gasteiger partial charge in [-0.2, -0.15) is 15.1 Å². The van der Waals surface area contributed by atoms with E-state index in [0.717, 1.165) is 74.2 Å². The Hall–Kier alpha value is -4.94. The normalized spacial score (nSPS) is 14.7. The van der Waals surface area contributed by atoms with Crippen molar-refractivity contribution in [2.24, 2.45) is 5.10 Å². The van der Waals surface area contributed by atoms with Gasteiger partial charge in [0.05, 0.1) is 0 Å². The number of allylic oxidation sites excluding steroid dienone is 1. The van der Waals surface area contributed by atoms with E-state index in [9.17, 15) is 8.42 Å². The second kappa shape index (κ2) is 17.5. The number of nitrogens with zero attached hydrogens (tertiary/aromatic N) is 9. The first kappa shape index (κ1) is 36.8. The number of benzene rings is 2. The van der Waals surface area contributed by atoms with Crippen molar-refractivity contribution in [2.75, 3.05) is 42.2 Å². The van der Waals surface area contributed by atoms with Crippen molar-refractivity contribution in [1.29, 1.82) is 0 Å². The van der Waals surface area contributed by atoms with E-state index < -0.39 is 9.84 Å². The van der Waals surface area contributed by atoms with Gasteiger partial charge in [0.1, 0.15) is 21.9 Å². The molecule has 0 spiro atoms. The van der Waals surface area contributed by atoms with Gasteiger partial charge >= 0.3 is 0 Å². The number of aromatic nitrogens is 6. The SMILES string of the molecule is CS(=O)(=O)c1nc(Cl)c(Cc2ccccc2)c(N2CCCC2)n1.Clc1nc(-n2cccn2)nc(N2CCCC2)c1Cc1ccccc1.[C+]1=CC=NN1. The molecule has 0 amide bonds.